The van der Waals surface area contributed by atoms with Crippen molar-refractivity contribution in [1.29, 1.82) is 0 Å². The van der Waals surface area contributed by atoms with Crippen molar-refractivity contribution < 1.29 is 4.42 Å². The van der Waals surface area contributed by atoms with Crippen LogP contribution in [0.2, 0.25) is 0 Å². The van der Waals surface area contributed by atoms with Crippen molar-refractivity contribution in [2.75, 3.05) is 0 Å². The van der Waals surface area contributed by atoms with Crippen LogP contribution >= 0.6 is 22.7 Å². The Labute approximate surface area is 292 Å². The molecule has 0 aliphatic heterocycles. The zero-order chi connectivity index (χ0) is 32.5. The molecule has 0 amide bonds. The van der Waals surface area contributed by atoms with Gasteiger partial charge in [-0.05, 0) is 47.9 Å². The molecule has 7 aromatic carbocycles. The van der Waals surface area contributed by atoms with E-state index in [0.29, 0.717) is 11.5 Å². The first-order chi connectivity index (χ1) is 24.8. The molecule has 4 nitrogen and oxygen atoms in total. The molecular formula is C44H23N3OS2. The van der Waals surface area contributed by atoms with Gasteiger partial charge in [0.05, 0.1) is 11.0 Å². The number of aromatic nitrogens is 3. The summed E-state index contributed by atoms with van der Waals surface area (Å²) in [5.74, 6) is 0.632. The fourth-order valence-electron chi connectivity index (χ4n) is 8.07. The third kappa shape index (κ3) is 3.49. The number of nitrogens with zero attached hydrogens (tertiary/aromatic N) is 3. The van der Waals surface area contributed by atoms with Crippen LogP contribution in [0.1, 0.15) is 0 Å². The van der Waals surface area contributed by atoms with E-state index < -0.39 is 0 Å². The summed E-state index contributed by atoms with van der Waals surface area (Å²) in [5.41, 5.74) is 6.32. The Bertz CT molecular complexity index is 3400. The van der Waals surface area contributed by atoms with Crippen LogP contribution in [-0.2, 0) is 0 Å². The minimum Gasteiger partial charge on any atom is -0.452 e. The number of thiophene rings is 2. The van der Waals surface area contributed by atoms with E-state index in [-0.39, 0.29) is 0 Å². The lowest BCUT2D eigenvalue weighted by Gasteiger charge is -2.11. The molecule has 0 N–H and O–H groups in total. The van der Waals surface area contributed by atoms with E-state index in [0.717, 1.165) is 38.8 Å². The summed E-state index contributed by atoms with van der Waals surface area (Å²) in [6.07, 6.45) is 0. The van der Waals surface area contributed by atoms with E-state index in [9.17, 15) is 0 Å². The summed E-state index contributed by atoms with van der Waals surface area (Å²) in [6, 6.07) is 49.8. The number of furan rings is 1. The van der Waals surface area contributed by atoms with Crippen molar-refractivity contribution in [2.24, 2.45) is 0 Å². The summed E-state index contributed by atoms with van der Waals surface area (Å²) in [7, 11) is 0. The molecule has 232 valence electrons. The largest absolute Gasteiger partial charge is 0.452 e. The van der Waals surface area contributed by atoms with Gasteiger partial charge in [-0.25, -0.2) is 9.97 Å². The van der Waals surface area contributed by atoms with Crippen molar-refractivity contribution in [3.63, 3.8) is 0 Å². The van der Waals surface area contributed by atoms with E-state index in [2.05, 4.69) is 132 Å². The minimum absolute atomic E-state index is 0.632. The van der Waals surface area contributed by atoms with E-state index in [4.69, 9.17) is 14.4 Å². The highest BCUT2D eigenvalue weighted by molar-refractivity contribution is 7.27. The van der Waals surface area contributed by atoms with Crippen LogP contribution in [-0.4, -0.2) is 14.5 Å². The normalized spacial score (nSPS) is 12.4. The van der Waals surface area contributed by atoms with E-state index in [1.54, 1.807) is 0 Å². The first-order valence-electron chi connectivity index (χ1n) is 16.7. The smallest absolute Gasteiger partial charge is 0.236 e. The predicted octanol–water partition coefficient (Wildman–Crippen LogP) is 13.0. The molecular weight excluding hydrogens is 651 g/mol. The topological polar surface area (TPSA) is 43.9 Å². The first kappa shape index (κ1) is 26.8. The number of para-hydroxylation sites is 2. The van der Waals surface area contributed by atoms with Crippen LogP contribution in [0.25, 0.3) is 112 Å². The van der Waals surface area contributed by atoms with Crippen molar-refractivity contribution in [2.45, 2.75) is 0 Å². The standard InChI is InChI=1S/C44H23N3OS2/c1-2-13-27-26(12-1)37-28-14-3-7-17-32(28)47(41(37)38-30-16-6-10-20-35(30)50-43(27)38)44-45-39(42-40(46-44)29-15-4-8-18-33(29)48-42)24-21-22-36-31(23-24)25-11-5-9-19-34(25)49-36/h1-23H. The summed E-state index contributed by atoms with van der Waals surface area (Å²) in [5, 5.41) is 10.9. The number of fused-ring (bicyclic) bond motifs is 16. The fraction of sp³-hybridized carbons (Fsp3) is 0. The molecule has 0 aliphatic carbocycles. The molecule has 0 atom stereocenters. The van der Waals surface area contributed by atoms with Crippen molar-refractivity contribution in [1.82, 2.24) is 14.5 Å². The SMILES string of the molecule is c1ccc2c(c1)oc1c(-c3ccc4sc5ccccc5c4c3)nc(-n3c4ccccc4c4c5ccccc5c5sc6ccccc6c5c43)nc12. The number of benzene rings is 7. The molecule has 5 aromatic heterocycles. The van der Waals surface area contributed by atoms with Gasteiger partial charge in [0.1, 0.15) is 16.8 Å². The van der Waals surface area contributed by atoms with Gasteiger partial charge in [0.25, 0.3) is 0 Å². The van der Waals surface area contributed by atoms with Crippen LogP contribution in [0.15, 0.2) is 144 Å². The van der Waals surface area contributed by atoms with E-state index in [1.807, 2.05) is 34.8 Å². The van der Waals surface area contributed by atoms with Gasteiger partial charge in [0.2, 0.25) is 5.95 Å². The summed E-state index contributed by atoms with van der Waals surface area (Å²) in [4.78, 5) is 10.9. The van der Waals surface area contributed by atoms with Gasteiger partial charge in [-0.3, -0.25) is 4.57 Å². The van der Waals surface area contributed by atoms with Gasteiger partial charge in [-0.1, -0.05) is 97.1 Å². The molecule has 0 saturated carbocycles. The molecule has 0 unspecified atom stereocenters. The Balaban J connectivity index is 1.28. The predicted molar refractivity (Wildman–Crippen MR) is 212 cm³/mol. The van der Waals surface area contributed by atoms with Gasteiger partial charge in [-0.15, -0.1) is 22.7 Å². The highest BCUT2D eigenvalue weighted by Gasteiger charge is 2.25. The number of rotatable bonds is 2. The third-order valence-corrected chi connectivity index (χ3v) is 12.6. The van der Waals surface area contributed by atoms with Gasteiger partial charge in [-0.2, -0.15) is 0 Å². The van der Waals surface area contributed by atoms with E-state index in [1.165, 1.54) is 61.9 Å². The maximum Gasteiger partial charge on any atom is 0.236 e. The number of hydrogen-bond donors (Lipinski definition) is 0. The molecule has 12 rings (SSSR count). The second-order valence-corrected chi connectivity index (χ2v) is 15.0. The van der Waals surface area contributed by atoms with Gasteiger partial charge in [0.15, 0.2) is 5.58 Å². The molecule has 0 fully saturated rings. The van der Waals surface area contributed by atoms with E-state index >= 15 is 0 Å². The van der Waals surface area contributed by atoms with Crippen LogP contribution in [0.4, 0.5) is 0 Å². The maximum atomic E-state index is 6.61. The zero-order valence-electron chi connectivity index (χ0n) is 26.3. The second kappa shape index (κ2) is 9.76. The molecule has 12 aromatic rings. The highest BCUT2D eigenvalue weighted by Crippen LogP contribution is 2.48. The third-order valence-electron chi connectivity index (χ3n) is 10.2. The lowest BCUT2D eigenvalue weighted by atomic mass is 10.00. The first-order valence-corrected chi connectivity index (χ1v) is 18.3. The lowest BCUT2D eigenvalue weighted by molar-refractivity contribution is 0.666. The molecule has 0 bridgehead atoms. The summed E-state index contributed by atoms with van der Waals surface area (Å²) >= 11 is 3.68. The minimum atomic E-state index is 0.632. The van der Waals surface area contributed by atoms with Crippen LogP contribution in [0, 0.1) is 0 Å². The Hall–Kier alpha value is -6.08. The molecule has 5 heterocycles. The summed E-state index contributed by atoms with van der Waals surface area (Å²) < 4.78 is 14.0. The molecule has 0 radical (unpaired) electrons. The van der Waals surface area contributed by atoms with Crippen molar-refractivity contribution in [3.8, 4) is 17.2 Å². The average Bonchev–Trinajstić information content (AvgIpc) is 3.93. The Morgan fingerprint density at radius 3 is 2.02 bits per heavy atom. The fourth-order valence-corrected chi connectivity index (χ4v) is 10.4. The molecule has 0 spiro atoms. The molecule has 0 aliphatic rings. The summed E-state index contributed by atoms with van der Waals surface area (Å²) in [6.45, 7) is 0. The molecule has 0 saturated heterocycles. The zero-order valence-corrected chi connectivity index (χ0v) is 28.0. The van der Waals surface area contributed by atoms with Gasteiger partial charge in [0, 0.05) is 67.5 Å². The van der Waals surface area contributed by atoms with Crippen LogP contribution in [0.3, 0.4) is 0 Å². The average molecular weight is 674 g/mol. The van der Waals surface area contributed by atoms with Crippen LogP contribution in [0.5, 0.6) is 0 Å². The Morgan fingerprint density at radius 2 is 1.16 bits per heavy atom. The number of hydrogen-bond acceptors (Lipinski definition) is 5. The quantitative estimate of drug-likeness (QED) is 0.183. The second-order valence-electron chi connectivity index (χ2n) is 12.9. The van der Waals surface area contributed by atoms with Gasteiger partial charge >= 0.3 is 0 Å². The van der Waals surface area contributed by atoms with Crippen molar-refractivity contribution in [3.05, 3.63) is 140 Å². The maximum absolute atomic E-state index is 6.61. The highest BCUT2D eigenvalue weighted by atomic mass is 32.1. The molecule has 50 heavy (non-hydrogen) atoms. The Morgan fingerprint density at radius 1 is 0.500 bits per heavy atom. The lowest BCUT2D eigenvalue weighted by Crippen LogP contribution is -2.03. The Kier molecular flexibility index (Phi) is 5.23. The molecule has 6 heteroatoms. The van der Waals surface area contributed by atoms with Crippen molar-refractivity contribution >= 4 is 118 Å². The van der Waals surface area contributed by atoms with Crippen LogP contribution < -0.4 is 0 Å². The van der Waals surface area contributed by atoms with Gasteiger partial charge < -0.3 is 4.42 Å². The monoisotopic (exact) mass is 673 g/mol.